The third kappa shape index (κ3) is 3.09. The summed E-state index contributed by atoms with van der Waals surface area (Å²) in [5, 5.41) is 5.63. The van der Waals surface area contributed by atoms with Gasteiger partial charge in [0.15, 0.2) is 0 Å². The van der Waals surface area contributed by atoms with Gasteiger partial charge in [0.2, 0.25) is 0 Å². The van der Waals surface area contributed by atoms with Crippen LogP contribution < -0.4 is 15.5 Å². The van der Waals surface area contributed by atoms with Gasteiger partial charge in [0.05, 0.1) is 0 Å². The fourth-order valence-corrected chi connectivity index (χ4v) is 2.39. The van der Waals surface area contributed by atoms with Gasteiger partial charge >= 0.3 is 6.03 Å². The number of carbonyl (C=O) groups is 2. The van der Waals surface area contributed by atoms with Crippen molar-refractivity contribution in [3.63, 3.8) is 0 Å². The highest BCUT2D eigenvalue weighted by atomic mass is 16.2. The molecular formula is C17H17N3O2. The van der Waals surface area contributed by atoms with Crippen LogP contribution in [0, 0.1) is 0 Å². The van der Waals surface area contributed by atoms with Gasteiger partial charge in [-0.2, -0.15) is 0 Å². The molecule has 0 atom stereocenters. The number of nitrogens with one attached hydrogen (secondary N) is 2. The predicted octanol–water partition coefficient (Wildman–Crippen LogP) is 2.15. The lowest BCUT2D eigenvalue weighted by atomic mass is 10.1. The number of urea groups is 1. The molecule has 1 aliphatic rings. The zero-order chi connectivity index (χ0) is 15.4. The van der Waals surface area contributed by atoms with Gasteiger partial charge < -0.3 is 10.6 Å². The number of hydrogen-bond acceptors (Lipinski definition) is 2. The van der Waals surface area contributed by atoms with Crippen LogP contribution in [0.15, 0.2) is 54.6 Å². The van der Waals surface area contributed by atoms with Crippen molar-refractivity contribution in [1.29, 1.82) is 0 Å². The van der Waals surface area contributed by atoms with Crippen molar-refractivity contribution >= 4 is 17.6 Å². The maximum absolute atomic E-state index is 12.1. The van der Waals surface area contributed by atoms with Crippen molar-refractivity contribution in [3.8, 4) is 0 Å². The van der Waals surface area contributed by atoms with Gasteiger partial charge in [0, 0.05) is 30.9 Å². The largest absolute Gasteiger partial charge is 0.348 e. The maximum atomic E-state index is 12.1. The van der Waals surface area contributed by atoms with Crippen LogP contribution in [-0.2, 0) is 6.54 Å². The fraction of sp³-hybridized carbons (Fsp3) is 0.176. The SMILES string of the molecule is O=C(NCc1ccccc1)c1ccc(N2CCNC2=O)cc1. The summed E-state index contributed by atoms with van der Waals surface area (Å²) in [7, 11) is 0. The van der Waals surface area contributed by atoms with E-state index in [9.17, 15) is 9.59 Å². The molecule has 1 aliphatic heterocycles. The van der Waals surface area contributed by atoms with E-state index in [4.69, 9.17) is 0 Å². The van der Waals surface area contributed by atoms with E-state index in [1.54, 1.807) is 29.2 Å². The van der Waals surface area contributed by atoms with Crippen LogP contribution >= 0.6 is 0 Å². The lowest BCUT2D eigenvalue weighted by Gasteiger charge is -2.14. The monoisotopic (exact) mass is 295 g/mol. The number of nitrogens with zero attached hydrogens (tertiary/aromatic N) is 1. The Morgan fingerprint density at radius 2 is 1.82 bits per heavy atom. The molecule has 0 bridgehead atoms. The Morgan fingerprint density at radius 1 is 1.09 bits per heavy atom. The van der Waals surface area contributed by atoms with E-state index in [2.05, 4.69) is 10.6 Å². The molecule has 22 heavy (non-hydrogen) atoms. The third-order valence-electron chi connectivity index (χ3n) is 3.59. The highest BCUT2D eigenvalue weighted by molar-refractivity contribution is 5.96. The van der Waals surface area contributed by atoms with Crippen LogP contribution in [0.4, 0.5) is 10.5 Å². The van der Waals surface area contributed by atoms with E-state index in [0.717, 1.165) is 11.3 Å². The van der Waals surface area contributed by atoms with Crippen LogP contribution in [-0.4, -0.2) is 25.0 Å². The summed E-state index contributed by atoms with van der Waals surface area (Å²) < 4.78 is 0. The van der Waals surface area contributed by atoms with Crippen molar-refractivity contribution in [3.05, 3.63) is 65.7 Å². The van der Waals surface area contributed by atoms with E-state index < -0.39 is 0 Å². The highest BCUT2D eigenvalue weighted by Crippen LogP contribution is 2.17. The molecule has 3 amide bonds. The molecule has 0 saturated carbocycles. The molecule has 2 N–H and O–H groups in total. The Bertz CT molecular complexity index is 668. The number of benzene rings is 2. The molecule has 3 rings (SSSR count). The quantitative estimate of drug-likeness (QED) is 0.908. The van der Waals surface area contributed by atoms with E-state index in [1.807, 2.05) is 30.3 Å². The molecule has 2 aromatic rings. The van der Waals surface area contributed by atoms with Gasteiger partial charge in [-0.25, -0.2) is 4.79 Å². The molecule has 5 nitrogen and oxygen atoms in total. The van der Waals surface area contributed by atoms with Crippen LogP contribution in [0.2, 0.25) is 0 Å². The molecule has 0 spiro atoms. The molecule has 1 saturated heterocycles. The highest BCUT2D eigenvalue weighted by Gasteiger charge is 2.21. The number of rotatable bonds is 4. The lowest BCUT2D eigenvalue weighted by molar-refractivity contribution is 0.0951. The van der Waals surface area contributed by atoms with Crippen molar-refractivity contribution in [2.75, 3.05) is 18.0 Å². The summed E-state index contributed by atoms with van der Waals surface area (Å²) in [6.45, 7) is 1.80. The van der Waals surface area contributed by atoms with Crippen LogP contribution in [0.5, 0.6) is 0 Å². The van der Waals surface area contributed by atoms with Crippen molar-refractivity contribution in [1.82, 2.24) is 10.6 Å². The normalized spacial score (nSPS) is 13.8. The number of anilines is 1. The number of amides is 3. The summed E-state index contributed by atoms with van der Waals surface area (Å²) in [6.07, 6.45) is 0. The standard InChI is InChI=1S/C17H17N3O2/c21-16(19-12-13-4-2-1-3-5-13)14-6-8-15(9-7-14)20-11-10-18-17(20)22/h1-9H,10-12H2,(H,18,22)(H,19,21). The molecule has 0 aliphatic carbocycles. The van der Waals surface area contributed by atoms with E-state index in [1.165, 1.54) is 0 Å². The Hall–Kier alpha value is -2.82. The molecule has 0 unspecified atom stereocenters. The Kier molecular flexibility index (Phi) is 4.05. The van der Waals surface area contributed by atoms with E-state index in [-0.39, 0.29) is 11.9 Å². The Morgan fingerprint density at radius 3 is 2.45 bits per heavy atom. The summed E-state index contributed by atoms with van der Waals surface area (Å²) in [5.41, 5.74) is 2.44. The molecule has 1 heterocycles. The Labute approximate surface area is 128 Å². The minimum atomic E-state index is -0.124. The van der Waals surface area contributed by atoms with Crippen molar-refractivity contribution in [2.45, 2.75) is 6.54 Å². The summed E-state index contributed by atoms with van der Waals surface area (Å²) in [4.78, 5) is 25.4. The zero-order valence-corrected chi connectivity index (χ0v) is 12.1. The minimum absolute atomic E-state index is 0.0960. The first kappa shape index (κ1) is 14.1. The maximum Gasteiger partial charge on any atom is 0.321 e. The topological polar surface area (TPSA) is 61.4 Å². The van der Waals surface area contributed by atoms with Gasteiger partial charge in [-0.3, -0.25) is 9.69 Å². The molecule has 1 fully saturated rings. The fourth-order valence-electron chi connectivity index (χ4n) is 2.39. The molecule has 0 radical (unpaired) electrons. The van der Waals surface area contributed by atoms with Crippen molar-refractivity contribution in [2.24, 2.45) is 0 Å². The van der Waals surface area contributed by atoms with Gasteiger partial charge in [-0.05, 0) is 29.8 Å². The summed E-state index contributed by atoms with van der Waals surface area (Å²) in [6, 6.07) is 16.7. The zero-order valence-electron chi connectivity index (χ0n) is 12.1. The summed E-state index contributed by atoms with van der Waals surface area (Å²) in [5.74, 6) is -0.124. The first-order valence-corrected chi connectivity index (χ1v) is 7.21. The molecule has 2 aromatic carbocycles. The molecular weight excluding hydrogens is 278 g/mol. The van der Waals surface area contributed by atoms with Crippen molar-refractivity contribution < 1.29 is 9.59 Å². The van der Waals surface area contributed by atoms with Gasteiger partial charge in [-0.15, -0.1) is 0 Å². The molecule has 112 valence electrons. The van der Waals surface area contributed by atoms with Gasteiger partial charge in [0.25, 0.3) is 5.91 Å². The van der Waals surface area contributed by atoms with Crippen LogP contribution in [0.3, 0.4) is 0 Å². The average molecular weight is 295 g/mol. The first-order chi connectivity index (χ1) is 10.7. The smallest absolute Gasteiger partial charge is 0.321 e. The second-order valence-electron chi connectivity index (χ2n) is 5.10. The first-order valence-electron chi connectivity index (χ1n) is 7.21. The number of carbonyl (C=O) groups excluding carboxylic acids is 2. The van der Waals surface area contributed by atoms with Gasteiger partial charge in [-0.1, -0.05) is 30.3 Å². The predicted molar refractivity (Wildman–Crippen MR) is 84.8 cm³/mol. The lowest BCUT2D eigenvalue weighted by Crippen LogP contribution is -2.27. The minimum Gasteiger partial charge on any atom is -0.348 e. The second-order valence-corrected chi connectivity index (χ2v) is 5.10. The average Bonchev–Trinajstić information content (AvgIpc) is 3.00. The van der Waals surface area contributed by atoms with Crippen LogP contribution in [0.25, 0.3) is 0 Å². The third-order valence-corrected chi connectivity index (χ3v) is 3.59. The number of hydrogen-bond donors (Lipinski definition) is 2. The molecule has 5 heteroatoms. The van der Waals surface area contributed by atoms with E-state index >= 15 is 0 Å². The van der Waals surface area contributed by atoms with Gasteiger partial charge in [0.1, 0.15) is 0 Å². The van der Waals surface area contributed by atoms with E-state index in [0.29, 0.717) is 25.2 Å². The second kappa shape index (κ2) is 6.30. The van der Waals surface area contributed by atoms with Crippen LogP contribution in [0.1, 0.15) is 15.9 Å². The Balaban J connectivity index is 1.62. The summed E-state index contributed by atoms with van der Waals surface area (Å²) >= 11 is 0. The molecule has 0 aromatic heterocycles.